The first-order valence-corrected chi connectivity index (χ1v) is 8.10. The topological polar surface area (TPSA) is 38.8 Å². The van der Waals surface area contributed by atoms with Crippen LogP contribution in [0.15, 0.2) is 18.2 Å². The molecule has 5 heteroatoms. The highest BCUT2D eigenvalue weighted by atomic mass is 32.2. The number of carbonyl (C=O) groups is 1. The molecule has 1 saturated heterocycles. The summed E-state index contributed by atoms with van der Waals surface area (Å²) in [5, 5.41) is 0. The van der Waals surface area contributed by atoms with Gasteiger partial charge in [-0.15, -0.1) is 0 Å². The minimum absolute atomic E-state index is 0.0577. The smallest absolute Gasteiger partial charge is 0.229 e. The molecule has 0 N–H and O–H groups in total. The van der Waals surface area contributed by atoms with Crippen molar-refractivity contribution < 1.29 is 14.3 Å². The van der Waals surface area contributed by atoms with Crippen LogP contribution in [-0.4, -0.2) is 49.1 Å². The van der Waals surface area contributed by atoms with Gasteiger partial charge in [-0.3, -0.25) is 4.79 Å². The van der Waals surface area contributed by atoms with Crippen molar-refractivity contribution in [2.75, 3.05) is 38.3 Å². The van der Waals surface area contributed by atoms with Crippen molar-refractivity contribution in [3.63, 3.8) is 0 Å². The number of benzene rings is 1. The lowest BCUT2D eigenvalue weighted by molar-refractivity contribution is -0.136. The summed E-state index contributed by atoms with van der Waals surface area (Å²) in [6.45, 7) is 2.19. The molecule has 1 aromatic rings. The van der Waals surface area contributed by atoms with Gasteiger partial charge in [-0.1, -0.05) is 12.1 Å². The van der Waals surface area contributed by atoms with Gasteiger partial charge < -0.3 is 14.4 Å². The molecule has 4 nitrogen and oxygen atoms in total. The Labute approximate surface area is 123 Å². The molecule has 2 heterocycles. The summed E-state index contributed by atoms with van der Waals surface area (Å²) in [6.07, 6.45) is 0.745. The highest BCUT2D eigenvalue weighted by Crippen LogP contribution is 2.36. The zero-order valence-corrected chi connectivity index (χ0v) is 12.4. The standard InChI is InChI=1S/C15H19NO3S/c1-18-13-4-2-3-11-9-12(10-19-14(11)13)15(17)16-5-7-20-8-6-16/h2-4,12H,5-10H2,1H3/t12-/m0/s1. The average molecular weight is 293 g/mol. The zero-order chi connectivity index (χ0) is 13.9. The molecule has 108 valence electrons. The number of hydrogen-bond donors (Lipinski definition) is 0. The fourth-order valence-electron chi connectivity index (χ4n) is 2.76. The Morgan fingerprint density at radius 1 is 1.40 bits per heavy atom. The third-order valence-corrected chi connectivity index (χ3v) is 4.79. The summed E-state index contributed by atoms with van der Waals surface area (Å²) in [4.78, 5) is 14.5. The number of fused-ring (bicyclic) bond motifs is 1. The second-order valence-corrected chi connectivity index (χ2v) is 6.32. The molecule has 1 aromatic carbocycles. The van der Waals surface area contributed by atoms with Crippen molar-refractivity contribution in [3.8, 4) is 11.5 Å². The van der Waals surface area contributed by atoms with Crippen molar-refractivity contribution in [1.82, 2.24) is 4.90 Å². The Kier molecular flexibility index (Phi) is 4.05. The van der Waals surface area contributed by atoms with Crippen LogP contribution < -0.4 is 9.47 Å². The van der Waals surface area contributed by atoms with Gasteiger partial charge in [-0.2, -0.15) is 11.8 Å². The molecular weight excluding hydrogens is 274 g/mol. The van der Waals surface area contributed by atoms with Crippen molar-refractivity contribution in [2.45, 2.75) is 6.42 Å². The molecule has 0 aliphatic carbocycles. The van der Waals surface area contributed by atoms with Crippen LogP contribution in [0.5, 0.6) is 11.5 Å². The van der Waals surface area contributed by atoms with E-state index in [0.717, 1.165) is 48.1 Å². The maximum atomic E-state index is 12.5. The highest BCUT2D eigenvalue weighted by molar-refractivity contribution is 7.99. The summed E-state index contributed by atoms with van der Waals surface area (Å²) >= 11 is 1.91. The molecule has 2 aliphatic heterocycles. The number of rotatable bonds is 2. The van der Waals surface area contributed by atoms with E-state index in [0.29, 0.717) is 6.61 Å². The Bertz CT molecular complexity index is 500. The van der Waals surface area contributed by atoms with E-state index in [1.165, 1.54) is 0 Å². The van der Waals surface area contributed by atoms with Crippen molar-refractivity contribution in [1.29, 1.82) is 0 Å². The molecule has 0 unspecified atom stereocenters. The maximum Gasteiger partial charge on any atom is 0.229 e. The number of nitrogens with zero attached hydrogens (tertiary/aromatic N) is 1. The molecule has 0 saturated carbocycles. The lowest BCUT2D eigenvalue weighted by atomic mass is 9.95. The zero-order valence-electron chi connectivity index (χ0n) is 11.6. The van der Waals surface area contributed by atoms with Crippen molar-refractivity contribution >= 4 is 17.7 Å². The van der Waals surface area contributed by atoms with Crippen LogP contribution in [-0.2, 0) is 11.2 Å². The van der Waals surface area contributed by atoms with Crippen LogP contribution >= 0.6 is 11.8 Å². The summed E-state index contributed by atoms with van der Waals surface area (Å²) < 4.78 is 11.1. The SMILES string of the molecule is COc1cccc2c1OC[C@@H](C(=O)N1CCSCC1)C2. The first kappa shape index (κ1) is 13.6. The molecular formula is C15H19NO3S. The van der Waals surface area contributed by atoms with Crippen LogP contribution in [0.25, 0.3) is 0 Å². The van der Waals surface area contributed by atoms with E-state index in [9.17, 15) is 4.79 Å². The second-order valence-electron chi connectivity index (χ2n) is 5.10. The molecule has 0 bridgehead atoms. The normalized spacial score (nSPS) is 21.9. The van der Waals surface area contributed by atoms with Gasteiger partial charge in [-0.25, -0.2) is 0 Å². The van der Waals surface area contributed by atoms with Gasteiger partial charge in [0.25, 0.3) is 0 Å². The first-order valence-electron chi connectivity index (χ1n) is 6.95. The van der Waals surface area contributed by atoms with Gasteiger partial charge in [0, 0.05) is 24.6 Å². The maximum absolute atomic E-state index is 12.5. The van der Waals surface area contributed by atoms with E-state index in [-0.39, 0.29) is 11.8 Å². The Morgan fingerprint density at radius 3 is 2.95 bits per heavy atom. The number of ether oxygens (including phenoxy) is 2. The van der Waals surface area contributed by atoms with Gasteiger partial charge in [0.2, 0.25) is 5.91 Å². The molecule has 3 rings (SSSR count). The number of thioether (sulfide) groups is 1. The molecule has 1 fully saturated rings. The van der Waals surface area contributed by atoms with Gasteiger partial charge in [0.15, 0.2) is 11.5 Å². The Hall–Kier alpha value is -1.36. The Balaban J connectivity index is 1.73. The Morgan fingerprint density at radius 2 is 2.20 bits per heavy atom. The first-order chi connectivity index (χ1) is 9.79. The van der Waals surface area contributed by atoms with Gasteiger partial charge in [0.05, 0.1) is 13.0 Å². The van der Waals surface area contributed by atoms with Crippen LogP contribution in [0.2, 0.25) is 0 Å². The van der Waals surface area contributed by atoms with Gasteiger partial charge in [0.1, 0.15) is 6.61 Å². The number of amides is 1. The van der Waals surface area contributed by atoms with Crippen LogP contribution in [0, 0.1) is 5.92 Å². The molecule has 1 atom stereocenters. The van der Waals surface area contributed by atoms with Crippen molar-refractivity contribution in [3.05, 3.63) is 23.8 Å². The summed E-state index contributed by atoms with van der Waals surface area (Å²) in [5.74, 6) is 3.82. The summed E-state index contributed by atoms with van der Waals surface area (Å²) in [5.41, 5.74) is 1.07. The second kappa shape index (κ2) is 5.95. The summed E-state index contributed by atoms with van der Waals surface area (Å²) in [6, 6.07) is 5.86. The van der Waals surface area contributed by atoms with E-state index in [2.05, 4.69) is 0 Å². The average Bonchev–Trinajstić information content (AvgIpc) is 2.53. The van der Waals surface area contributed by atoms with E-state index in [1.807, 2.05) is 34.9 Å². The van der Waals surface area contributed by atoms with Crippen LogP contribution in [0.3, 0.4) is 0 Å². The van der Waals surface area contributed by atoms with E-state index >= 15 is 0 Å². The van der Waals surface area contributed by atoms with E-state index < -0.39 is 0 Å². The summed E-state index contributed by atoms with van der Waals surface area (Å²) in [7, 11) is 1.64. The molecule has 2 aliphatic rings. The molecule has 0 radical (unpaired) electrons. The fourth-order valence-corrected chi connectivity index (χ4v) is 3.66. The van der Waals surface area contributed by atoms with E-state index in [4.69, 9.17) is 9.47 Å². The number of para-hydroxylation sites is 1. The predicted octanol–water partition coefficient (Wildman–Crippen LogP) is 1.82. The number of carbonyl (C=O) groups excluding carboxylic acids is 1. The van der Waals surface area contributed by atoms with Crippen molar-refractivity contribution in [2.24, 2.45) is 5.92 Å². The molecule has 0 spiro atoms. The molecule has 0 aromatic heterocycles. The van der Waals surface area contributed by atoms with Crippen LogP contribution in [0.1, 0.15) is 5.56 Å². The quantitative estimate of drug-likeness (QED) is 0.834. The minimum atomic E-state index is -0.0577. The largest absolute Gasteiger partial charge is 0.493 e. The molecule has 1 amide bonds. The monoisotopic (exact) mass is 293 g/mol. The number of hydrogen-bond acceptors (Lipinski definition) is 4. The minimum Gasteiger partial charge on any atom is -0.493 e. The lowest BCUT2D eigenvalue weighted by Gasteiger charge is -2.32. The van der Waals surface area contributed by atoms with Crippen LogP contribution in [0.4, 0.5) is 0 Å². The highest BCUT2D eigenvalue weighted by Gasteiger charge is 2.31. The fraction of sp³-hybridized carbons (Fsp3) is 0.533. The third kappa shape index (κ3) is 2.59. The predicted molar refractivity (Wildman–Crippen MR) is 79.6 cm³/mol. The lowest BCUT2D eigenvalue weighted by Crippen LogP contribution is -2.44. The van der Waals surface area contributed by atoms with Gasteiger partial charge >= 0.3 is 0 Å². The molecule has 20 heavy (non-hydrogen) atoms. The van der Waals surface area contributed by atoms with E-state index in [1.54, 1.807) is 7.11 Å². The third-order valence-electron chi connectivity index (χ3n) is 3.85. The number of methoxy groups -OCH3 is 1. The van der Waals surface area contributed by atoms with Gasteiger partial charge in [-0.05, 0) is 18.1 Å².